The lowest BCUT2D eigenvalue weighted by Gasteiger charge is -2.19. The summed E-state index contributed by atoms with van der Waals surface area (Å²) in [5.74, 6) is -0.831. The van der Waals surface area contributed by atoms with Crippen molar-refractivity contribution < 1.29 is 14.5 Å². The van der Waals surface area contributed by atoms with Crippen LogP contribution in [0.3, 0.4) is 0 Å². The van der Waals surface area contributed by atoms with E-state index in [0.717, 1.165) is 6.07 Å². The normalized spacial score (nSPS) is 13.2. The molecule has 6 nitrogen and oxygen atoms in total. The number of nitro groups is 1. The molecule has 0 spiro atoms. The number of carbonyl (C=O) groups is 1. The van der Waals surface area contributed by atoms with E-state index >= 15 is 0 Å². The van der Waals surface area contributed by atoms with Crippen molar-refractivity contribution >= 4 is 23.3 Å². The second-order valence-electron chi connectivity index (χ2n) is 3.88. The molecule has 7 heteroatoms. The highest BCUT2D eigenvalue weighted by molar-refractivity contribution is 6.30. The van der Waals surface area contributed by atoms with Crippen molar-refractivity contribution in [2.24, 2.45) is 0 Å². The number of benzene rings is 1. The van der Waals surface area contributed by atoms with Crippen molar-refractivity contribution in [2.75, 3.05) is 6.61 Å². The zero-order chi connectivity index (χ0) is 14.6. The molecule has 19 heavy (non-hydrogen) atoms. The van der Waals surface area contributed by atoms with Crippen LogP contribution in [-0.4, -0.2) is 17.5 Å². The first-order valence-corrected chi connectivity index (χ1v) is 5.77. The summed E-state index contributed by atoms with van der Waals surface area (Å²) in [6.07, 6.45) is 0. The molecule has 100 valence electrons. The van der Waals surface area contributed by atoms with Gasteiger partial charge in [0.2, 0.25) is 0 Å². The summed E-state index contributed by atoms with van der Waals surface area (Å²) in [7, 11) is 0. The van der Waals surface area contributed by atoms with Crippen molar-refractivity contribution in [1.29, 1.82) is 5.26 Å². The number of ether oxygens (including phenoxy) is 1. The summed E-state index contributed by atoms with van der Waals surface area (Å²) in [6.45, 7) is 2.95. The van der Waals surface area contributed by atoms with Crippen LogP contribution in [-0.2, 0) is 14.9 Å². The molecule has 0 aromatic heterocycles. The molecule has 0 aliphatic carbocycles. The van der Waals surface area contributed by atoms with Gasteiger partial charge in [0.05, 0.1) is 23.2 Å². The SMILES string of the molecule is CCOC(=O)C(C)(C#N)c1ccc(Cl)cc1[N+](=O)[O-]. The van der Waals surface area contributed by atoms with Crippen LogP contribution in [0.4, 0.5) is 5.69 Å². The van der Waals surface area contributed by atoms with E-state index in [4.69, 9.17) is 16.3 Å². The summed E-state index contributed by atoms with van der Waals surface area (Å²) >= 11 is 5.69. The van der Waals surface area contributed by atoms with E-state index in [1.165, 1.54) is 19.1 Å². The molecule has 0 aliphatic heterocycles. The van der Waals surface area contributed by atoms with Crippen LogP contribution in [0.5, 0.6) is 0 Å². The van der Waals surface area contributed by atoms with Crippen molar-refractivity contribution in [3.63, 3.8) is 0 Å². The van der Waals surface area contributed by atoms with E-state index in [0.29, 0.717) is 0 Å². The Balaban J connectivity index is 3.46. The van der Waals surface area contributed by atoms with Crippen molar-refractivity contribution in [1.82, 2.24) is 0 Å². The Morgan fingerprint density at radius 3 is 2.74 bits per heavy atom. The minimum atomic E-state index is -1.75. The molecule has 1 unspecified atom stereocenters. The molecule has 1 aromatic carbocycles. The summed E-state index contributed by atoms with van der Waals surface area (Å²) in [6, 6.07) is 5.55. The van der Waals surface area contributed by atoms with Gasteiger partial charge in [-0.3, -0.25) is 10.1 Å². The zero-order valence-electron chi connectivity index (χ0n) is 10.3. The van der Waals surface area contributed by atoms with E-state index in [9.17, 15) is 20.2 Å². The van der Waals surface area contributed by atoms with Gasteiger partial charge >= 0.3 is 5.97 Å². The van der Waals surface area contributed by atoms with Crippen LogP contribution in [0, 0.1) is 21.4 Å². The van der Waals surface area contributed by atoms with E-state index in [-0.39, 0.29) is 22.9 Å². The van der Waals surface area contributed by atoms with Crippen LogP contribution < -0.4 is 0 Å². The fraction of sp³-hybridized carbons (Fsp3) is 0.333. The number of esters is 1. The minimum Gasteiger partial charge on any atom is -0.465 e. The van der Waals surface area contributed by atoms with Crippen LogP contribution in [0.2, 0.25) is 5.02 Å². The summed E-state index contributed by atoms with van der Waals surface area (Å²) in [5, 5.41) is 20.4. The van der Waals surface area contributed by atoms with Gasteiger partial charge in [-0.2, -0.15) is 5.26 Å². The maximum absolute atomic E-state index is 11.9. The topological polar surface area (TPSA) is 93.2 Å². The highest BCUT2D eigenvalue weighted by Gasteiger charge is 2.42. The molecule has 0 bridgehead atoms. The van der Waals surface area contributed by atoms with Gasteiger partial charge in [-0.15, -0.1) is 0 Å². The quantitative estimate of drug-likeness (QED) is 0.481. The monoisotopic (exact) mass is 282 g/mol. The smallest absolute Gasteiger partial charge is 0.331 e. The molecule has 0 amide bonds. The first-order valence-electron chi connectivity index (χ1n) is 5.39. The fourth-order valence-electron chi connectivity index (χ4n) is 1.57. The second-order valence-corrected chi connectivity index (χ2v) is 4.31. The van der Waals surface area contributed by atoms with Crippen molar-refractivity contribution in [3.05, 3.63) is 38.9 Å². The average Bonchev–Trinajstić information content (AvgIpc) is 2.37. The third kappa shape index (κ3) is 2.83. The number of hydrogen-bond donors (Lipinski definition) is 0. The average molecular weight is 283 g/mol. The molecular formula is C12H11ClN2O4. The van der Waals surface area contributed by atoms with Gasteiger partial charge in [-0.1, -0.05) is 11.6 Å². The van der Waals surface area contributed by atoms with Crippen LogP contribution >= 0.6 is 11.6 Å². The number of halogens is 1. The molecule has 1 aromatic rings. The van der Waals surface area contributed by atoms with Gasteiger partial charge in [0.15, 0.2) is 5.41 Å². The third-order valence-corrected chi connectivity index (χ3v) is 2.84. The first kappa shape index (κ1) is 14.9. The number of rotatable bonds is 4. The Hall–Kier alpha value is -2.13. The van der Waals surface area contributed by atoms with Gasteiger partial charge < -0.3 is 4.74 Å². The molecule has 0 N–H and O–H groups in total. The van der Waals surface area contributed by atoms with Crippen LogP contribution in [0.15, 0.2) is 18.2 Å². The molecule has 0 aliphatic rings. The van der Waals surface area contributed by atoms with E-state index in [1.54, 1.807) is 13.0 Å². The van der Waals surface area contributed by atoms with Gasteiger partial charge in [0.1, 0.15) is 0 Å². The summed E-state index contributed by atoms with van der Waals surface area (Å²) in [4.78, 5) is 22.2. The zero-order valence-corrected chi connectivity index (χ0v) is 11.1. The molecule has 0 fully saturated rings. The second kappa shape index (κ2) is 5.67. The van der Waals surface area contributed by atoms with E-state index in [1.807, 2.05) is 0 Å². The lowest BCUT2D eigenvalue weighted by Crippen LogP contribution is -2.33. The van der Waals surface area contributed by atoms with Crippen molar-refractivity contribution in [3.8, 4) is 6.07 Å². The number of carbonyl (C=O) groups excluding carboxylic acids is 1. The predicted octanol–water partition coefficient (Wildman–Crippen LogP) is 2.59. The number of nitrogens with zero attached hydrogens (tertiary/aromatic N) is 2. The fourth-order valence-corrected chi connectivity index (χ4v) is 1.74. The Kier molecular flexibility index (Phi) is 4.46. The van der Waals surface area contributed by atoms with Crippen molar-refractivity contribution in [2.45, 2.75) is 19.3 Å². The molecule has 1 atom stereocenters. The number of nitro benzene ring substituents is 1. The highest BCUT2D eigenvalue weighted by Crippen LogP contribution is 2.34. The maximum Gasteiger partial charge on any atom is 0.331 e. The third-order valence-electron chi connectivity index (χ3n) is 2.60. The largest absolute Gasteiger partial charge is 0.465 e. The van der Waals surface area contributed by atoms with Gasteiger partial charge in [-0.05, 0) is 26.0 Å². The van der Waals surface area contributed by atoms with Gasteiger partial charge in [0.25, 0.3) is 5.69 Å². The highest BCUT2D eigenvalue weighted by atomic mass is 35.5. The number of nitriles is 1. The molecule has 1 rings (SSSR count). The van der Waals surface area contributed by atoms with Crippen LogP contribution in [0.25, 0.3) is 0 Å². The molecule has 0 saturated carbocycles. The standard InChI is InChI=1S/C12H11ClN2O4/c1-3-19-11(16)12(2,7-14)9-5-4-8(13)6-10(9)15(17)18/h4-6H,3H2,1-2H3. The lowest BCUT2D eigenvalue weighted by molar-refractivity contribution is -0.385. The van der Waals surface area contributed by atoms with Crippen LogP contribution in [0.1, 0.15) is 19.4 Å². The molecule has 0 heterocycles. The Morgan fingerprint density at radius 1 is 1.63 bits per heavy atom. The first-order chi connectivity index (χ1) is 8.86. The van der Waals surface area contributed by atoms with E-state index < -0.39 is 16.3 Å². The maximum atomic E-state index is 11.9. The van der Waals surface area contributed by atoms with Gasteiger partial charge in [0, 0.05) is 11.1 Å². The molecule has 0 saturated heterocycles. The minimum absolute atomic E-state index is 0.0390. The van der Waals surface area contributed by atoms with E-state index in [2.05, 4.69) is 0 Å². The Morgan fingerprint density at radius 2 is 2.26 bits per heavy atom. The Labute approximate surface area is 114 Å². The summed E-state index contributed by atoms with van der Waals surface area (Å²) < 4.78 is 4.80. The molecular weight excluding hydrogens is 272 g/mol. The van der Waals surface area contributed by atoms with Gasteiger partial charge in [-0.25, -0.2) is 4.79 Å². The lowest BCUT2D eigenvalue weighted by atomic mass is 9.83. The molecule has 0 radical (unpaired) electrons. The number of hydrogen-bond acceptors (Lipinski definition) is 5. The predicted molar refractivity (Wildman–Crippen MR) is 67.7 cm³/mol. The summed E-state index contributed by atoms with van der Waals surface area (Å²) in [5.41, 5.74) is -2.17. The Bertz CT molecular complexity index is 567.